The van der Waals surface area contributed by atoms with E-state index in [2.05, 4.69) is 16.0 Å². The van der Waals surface area contributed by atoms with E-state index in [-0.39, 0.29) is 12.1 Å². The van der Waals surface area contributed by atoms with Crippen LogP contribution in [0.2, 0.25) is 0 Å². The van der Waals surface area contributed by atoms with Crippen molar-refractivity contribution < 1.29 is 14.7 Å². The van der Waals surface area contributed by atoms with Gasteiger partial charge in [0, 0.05) is 18.6 Å². The van der Waals surface area contributed by atoms with Crippen LogP contribution in [-0.2, 0) is 4.79 Å². The molecule has 0 aromatic rings. The van der Waals surface area contributed by atoms with Crippen molar-refractivity contribution >= 4 is 12.0 Å². The molecule has 2 fully saturated rings. The smallest absolute Gasteiger partial charge is 0.315 e. The highest BCUT2D eigenvalue weighted by molar-refractivity contribution is 5.76. The molecule has 0 radical (unpaired) electrons. The Bertz CT molecular complexity index is 358. The molecule has 2 unspecified atom stereocenters. The van der Waals surface area contributed by atoms with Gasteiger partial charge < -0.3 is 21.1 Å². The van der Waals surface area contributed by atoms with E-state index >= 15 is 0 Å². The zero-order valence-corrected chi connectivity index (χ0v) is 12.6. The second-order valence-electron chi connectivity index (χ2n) is 6.17. The molecule has 0 saturated heterocycles. The summed E-state index contributed by atoms with van der Waals surface area (Å²) >= 11 is 0. The van der Waals surface area contributed by atoms with Gasteiger partial charge in [-0.05, 0) is 38.6 Å². The van der Waals surface area contributed by atoms with Gasteiger partial charge in [0.05, 0.1) is 5.92 Å². The number of rotatable bonds is 7. The van der Waals surface area contributed by atoms with Gasteiger partial charge in [-0.2, -0.15) is 0 Å². The molecule has 0 spiro atoms. The number of carbonyl (C=O) groups is 2. The van der Waals surface area contributed by atoms with E-state index in [1.807, 2.05) is 0 Å². The summed E-state index contributed by atoms with van der Waals surface area (Å²) in [5.74, 6) is -1.24. The average Bonchev–Trinajstić information content (AvgIpc) is 3.25. The van der Waals surface area contributed by atoms with Crippen LogP contribution in [0.4, 0.5) is 4.79 Å². The predicted octanol–water partition coefficient (Wildman–Crippen LogP) is 1.46. The summed E-state index contributed by atoms with van der Waals surface area (Å²) in [6, 6.07) is 0.218. The van der Waals surface area contributed by atoms with Crippen LogP contribution in [-0.4, -0.2) is 42.3 Å². The molecule has 2 atom stereocenters. The van der Waals surface area contributed by atoms with E-state index in [0.717, 1.165) is 38.6 Å². The van der Waals surface area contributed by atoms with Crippen molar-refractivity contribution in [3.8, 4) is 0 Å². The topological polar surface area (TPSA) is 90.5 Å². The van der Waals surface area contributed by atoms with E-state index in [1.165, 1.54) is 12.8 Å². The van der Waals surface area contributed by atoms with Gasteiger partial charge in [-0.3, -0.25) is 4.79 Å². The minimum absolute atomic E-state index is 0.237. The van der Waals surface area contributed by atoms with Crippen LogP contribution < -0.4 is 16.0 Å². The number of hydrogen-bond acceptors (Lipinski definition) is 3. The molecule has 2 aliphatic rings. The molecule has 21 heavy (non-hydrogen) atoms. The Morgan fingerprint density at radius 1 is 1.00 bits per heavy atom. The van der Waals surface area contributed by atoms with Crippen LogP contribution in [0.5, 0.6) is 0 Å². The molecule has 0 aliphatic heterocycles. The Morgan fingerprint density at radius 3 is 2.48 bits per heavy atom. The average molecular weight is 297 g/mol. The Morgan fingerprint density at radius 2 is 1.76 bits per heavy atom. The summed E-state index contributed by atoms with van der Waals surface area (Å²) in [7, 11) is 0. The highest BCUT2D eigenvalue weighted by Gasteiger charge is 2.30. The minimum Gasteiger partial charge on any atom is -0.481 e. The molecule has 6 heteroatoms. The lowest BCUT2D eigenvalue weighted by Gasteiger charge is -2.23. The van der Waals surface area contributed by atoms with Crippen molar-refractivity contribution in [2.75, 3.05) is 13.1 Å². The molecule has 0 heterocycles. The minimum atomic E-state index is -0.796. The summed E-state index contributed by atoms with van der Waals surface area (Å²) in [5, 5.41) is 18.3. The second-order valence-corrected chi connectivity index (χ2v) is 6.17. The summed E-state index contributed by atoms with van der Waals surface area (Å²) in [6.45, 7) is 1.54. The number of aliphatic carboxylic acids is 1. The molecule has 0 aromatic heterocycles. The molecule has 2 amide bonds. The van der Waals surface area contributed by atoms with E-state index in [4.69, 9.17) is 0 Å². The Hall–Kier alpha value is -1.30. The molecule has 4 N–H and O–H groups in total. The standard InChI is InChI=1S/C15H27N3O3/c19-14(20)12-5-2-1-3-6-13(12)18-15(21)17-10-4-9-16-11-7-8-11/h11-13,16H,1-10H2,(H,19,20)(H2,17,18,21). The summed E-state index contributed by atoms with van der Waals surface area (Å²) in [5.41, 5.74) is 0. The van der Waals surface area contributed by atoms with Crippen molar-refractivity contribution in [1.29, 1.82) is 0 Å². The van der Waals surface area contributed by atoms with E-state index in [1.54, 1.807) is 0 Å². The summed E-state index contributed by atoms with van der Waals surface area (Å²) < 4.78 is 0. The second kappa shape index (κ2) is 8.22. The third-order valence-corrected chi connectivity index (χ3v) is 4.30. The third-order valence-electron chi connectivity index (χ3n) is 4.30. The Kier molecular flexibility index (Phi) is 6.29. The molecule has 120 valence electrons. The molecule has 6 nitrogen and oxygen atoms in total. The monoisotopic (exact) mass is 297 g/mol. The fourth-order valence-electron chi connectivity index (χ4n) is 2.88. The van der Waals surface area contributed by atoms with E-state index < -0.39 is 11.9 Å². The lowest BCUT2D eigenvalue weighted by molar-refractivity contribution is -0.142. The maximum Gasteiger partial charge on any atom is 0.315 e. The van der Waals surface area contributed by atoms with Gasteiger partial charge >= 0.3 is 12.0 Å². The van der Waals surface area contributed by atoms with Crippen molar-refractivity contribution in [1.82, 2.24) is 16.0 Å². The maximum absolute atomic E-state index is 11.9. The van der Waals surface area contributed by atoms with Gasteiger partial charge in [0.25, 0.3) is 0 Å². The van der Waals surface area contributed by atoms with Crippen molar-refractivity contribution in [2.24, 2.45) is 5.92 Å². The molecular formula is C15H27N3O3. The predicted molar refractivity (Wildman–Crippen MR) is 80.2 cm³/mol. The first kappa shape index (κ1) is 16.1. The van der Waals surface area contributed by atoms with Crippen LogP contribution in [0.15, 0.2) is 0 Å². The van der Waals surface area contributed by atoms with E-state index in [9.17, 15) is 14.7 Å². The third kappa shape index (κ3) is 5.91. The fraction of sp³-hybridized carbons (Fsp3) is 0.867. The SMILES string of the molecule is O=C(NCCCNC1CC1)NC1CCCCCC1C(=O)O. The first-order chi connectivity index (χ1) is 10.2. The fourth-order valence-corrected chi connectivity index (χ4v) is 2.88. The number of carboxylic acid groups (broad SMARTS) is 1. The molecule has 2 rings (SSSR count). The van der Waals surface area contributed by atoms with Crippen molar-refractivity contribution in [3.63, 3.8) is 0 Å². The van der Waals surface area contributed by atoms with Gasteiger partial charge in [-0.25, -0.2) is 4.79 Å². The van der Waals surface area contributed by atoms with Gasteiger partial charge in [-0.1, -0.05) is 19.3 Å². The summed E-state index contributed by atoms with van der Waals surface area (Å²) in [6.07, 6.45) is 7.83. The molecule has 0 aromatic carbocycles. The lowest BCUT2D eigenvalue weighted by atomic mass is 9.95. The van der Waals surface area contributed by atoms with Gasteiger partial charge in [0.2, 0.25) is 0 Å². The number of nitrogens with one attached hydrogen (secondary N) is 3. The van der Waals surface area contributed by atoms with Gasteiger partial charge in [-0.15, -0.1) is 0 Å². The molecule has 2 aliphatic carbocycles. The highest BCUT2D eigenvalue weighted by Crippen LogP contribution is 2.23. The van der Waals surface area contributed by atoms with Gasteiger partial charge in [0.1, 0.15) is 0 Å². The zero-order valence-electron chi connectivity index (χ0n) is 12.6. The van der Waals surface area contributed by atoms with Crippen LogP contribution in [0, 0.1) is 5.92 Å². The Labute approximate surface area is 126 Å². The number of carbonyl (C=O) groups excluding carboxylic acids is 1. The number of hydrogen-bond donors (Lipinski definition) is 4. The molecule has 0 bridgehead atoms. The number of urea groups is 1. The van der Waals surface area contributed by atoms with Crippen LogP contribution in [0.1, 0.15) is 51.4 Å². The lowest BCUT2D eigenvalue weighted by Crippen LogP contribution is -2.47. The van der Waals surface area contributed by atoms with Crippen LogP contribution in [0.3, 0.4) is 0 Å². The molecular weight excluding hydrogens is 270 g/mol. The zero-order chi connectivity index (χ0) is 15.1. The van der Waals surface area contributed by atoms with Gasteiger partial charge in [0.15, 0.2) is 0 Å². The maximum atomic E-state index is 11.9. The largest absolute Gasteiger partial charge is 0.481 e. The highest BCUT2D eigenvalue weighted by atomic mass is 16.4. The number of carboxylic acids is 1. The Balaban J connectivity index is 1.64. The number of amides is 2. The first-order valence-corrected chi connectivity index (χ1v) is 8.17. The quantitative estimate of drug-likeness (QED) is 0.423. The van der Waals surface area contributed by atoms with Crippen LogP contribution >= 0.6 is 0 Å². The van der Waals surface area contributed by atoms with E-state index in [0.29, 0.717) is 19.0 Å². The van der Waals surface area contributed by atoms with Crippen molar-refractivity contribution in [3.05, 3.63) is 0 Å². The van der Waals surface area contributed by atoms with Crippen LogP contribution in [0.25, 0.3) is 0 Å². The summed E-state index contributed by atoms with van der Waals surface area (Å²) in [4.78, 5) is 23.2. The first-order valence-electron chi connectivity index (χ1n) is 8.17. The van der Waals surface area contributed by atoms with Crippen molar-refractivity contribution in [2.45, 2.75) is 63.5 Å². The normalized spacial score (nSPS) is 25.9. The molecule has 2 saturated carbocycles.